The maximum absolute atomic E-state index is 6.18. The summed E-state index contributed by atoms with van der Waals surface area (Å²) < 4.78 is 12.2. The SMILES string of the molecule is Cc1c(Cl)c(-c2nc([C@@H]3CCOC3)no2)nn1C. The third kappa shape index (κ3) is 1.81. The number of nitrogens with zero attached hydrogens (tertiary/aromatic N) is 4. The van der Waals surface area contributed by atoms with E-state index in [2.05, 4.69) is 15.2 Å². The summed E-state index contributed by atoms with van der Waals surface area (Å²) >= 11 is 6.18. The molecular formula is C11H13ClN4O2. The van der Waals surface area contributed by atoms with E-state index in [0.717, 1.165) is 18.7 Å². The Morgan fingerprint density at radius 1 is 1.44 bits per heavy atom. The first-order valence-electron chi connectivity index (χ1n) is 5.77. The molecule has 6 nitrogen and oxygen atoms in total. The maximum Gasteiger partial charge on any atom is 0.279 e. The van der Waals surface area contributed by atoms with Crippen LogP contribution < -0.4 is 0 Å². The van der Waals surface area contributed by atoms with Gasteiger partial charge in [0.05, 0.1) is 17.3 Å². The second-order valence-electron chi connectivity index (χ2n) is 4.39. The van der Waals surface area contributed by atoms with E-state index in [1.54, 1.807) is 4.68 Å². The molecule has 1 aliphatic rings. The van der Waals surface area contributed by atoms with Gasteiger partial charge in [0.2, 0.25) is 0 Å². The molecule has 0 aromatic carbocycles. The van der Waals surface area contributed by atoms with Crippen molar-refractivity contribution in [1.29, 1.82) is 0 Å². The molecule has 18 heavy (non-hydrogen) atoms. The predicted molar refractivity (Wildman–Crippen MR) is 64.4 cm³/mol. The molecule has 96 valence electrons. The molecule has 0 amide bonds. The molecule has 2 aromatic heterocycles. The van der Waals surface area contributed by atoms with Crippen LogP contribution >= 0.6 is 11.6 Å². The summed E-state index contributed by atoms with van der Waals surface area (Å²) in [6, 6.07) is 0. The van der Waals surface area contributed by atoms with Crippen molar-refractivity contribution in [1.82, 2.24) is 19.9 Å². The lowest BCUT2D eigenvalue weighted by atomic mass is 10.1. The van der Waals surface area contributed by atoms with E-state index in [1.165, 1.54) is 0 Å². The monoisotopic (exact) mass is 268 g/mol. The lowest BCUT2D eigenvalue weighted by Gasteiger charge is -1.97. The van der Waals surface area contributed by atoms with E-state index in [-0.39, 0.29) is 5.92 Å². The van der Waals surface area contributed by atoms with Gasteiger partial charge in [0.15, 0.2) is 11.5 Å². The molecule has 0 radical (unpaired) electrons. The predicted octanol–water partition coefficient (Wildman–Crippen LogP) is 1.94. The van der Waals surface area contributed by atoms with Crippen LogP contribution in [0.3, 0.4) is 0 Å². The van der Waals surface area contributed by atoms with Crippen molar-refractivity contribution in [2.45, 2.75) is 19.3 Å². The van der Waals surface area contributed by atoms with Crippen LogP contribution in [0.25, 0.3) is 11.6 Å². The average Bonchev–Trinajstić information content (AvgIpc) is 3.05. The summed E-state index contributed by atoms with van der Waals surface area (Å²) in [5, 5.41) is 8.81. The highest BCUT2D eigenvalue weighted by Gasteiger charge is 2.25. The van der Waals surface area contributed by atoms with Crippen LogP contribution in [0.2, 0.25) is 5.02 Å². The van der Waals surface area contributed by atoms with Gasteiger partial charge in [-0.05, 0) is 13.3 Å². The molecule has 1 saturated heterocycles. The molecule has 1 atom stereocenters. The van der Waals surface area contributed by atoms with Gasteiger partial charge in [-0.15, -0.1) is 0 Å². The minimum Gasteiger partial charge on any atom is -0.381 e. The lowest BCUT2D eigenvalue weighted by Crippen LogP contribution is -1.99. The van der Waals surface area contributed by atoms with Crippen molar-refractivity contribution in [2.75, 3.05) is 13.2 Å². The average molecular weight is 269 g/mol. The van der Waals surface area contributed by atoms with E-state index < -0.39 is 0 Å². The second-order valence-corrected chi connectivity index (χ2v) is 4.77. The van der Waals surface area contributed by atoms with Crippen LogP contribution in [0, 0.1) is 6.92 Å². The van der Waals surface area contributed by atoms with Gasteiger partial charge < -0.3 is 9.26 Å². The first kappa shape index (κ1) is 11.7. The molecule has 0 N–H and O–H groups in total. The van der Waals surface area contributed by atoms with Crippen LogP contribution in [-0.4, -0.2) is 33.1 Å². The summed E-state index contributed by atoms with van der Waals surface area (Å²) in [7, 11) is 1.83. The number of aromatic nitrogens is 4. The number of aryl methyl sites for hydroxylation is 1. The van der Waals surface area contributed by atoms with Crippen molar-refractivity contribution < 1.29 is 9.26 Å². The molecule has 0 bridgehead atoms. The summed E-state index contributed by atoms with van der Waals surface area (Å²) in [4.78, 5) is 4.36. The van der Waals surface area contributed by atoms with E-state index in [9.17, 15) is 0 Å². The van der Waals surface area contributed by atoms with Crippen LogP contribution in [-0.2, 0) is 11.8 Å². The normalized spacial score (nSPS) is 19.6. The maximum atomic E-state index is 6.18. The zero-order chi connectivity index (χ0) is 12.7. The Kier molecular flexibility index (Phi) is 2.83. The third-order valence-electron chi connectivity index (χ3n) is 3.20. The minimum atomic E-state index is 0.214. The molecule has 3 rings (SSSR count). The molecule has 2 aromatic rings. The zero-order valence-corrected chi connectivity index (χ0v) is 10.9. The van der Waals surface area contributed by atoms with Gasteiger partial charge in [0.25, 0.3) is 5.89 Å². The molecular weight excluding hydrogens is 256 g/mol. The van der Waals surface area contributed by atoms with Crippen molar-refractivity contribution >= 4 is 11.6 Å². The zero-order valence-electron chi connectivity index (χ0n) is 10.2. The quantitative estimate of drug-likeness (QED) is 0.833. The van der Waals surface area contributed by atoms with Crippen LogP contribution in [0.15, 0.2) is 4.52 Å². The fourth-order valence-corrected chi connectivity index (χ4v) is 2.19. The third-order valence-corrected chi connectivity index (χ3v) is 3.65. The topological polar surface area (TPSA) is 66.0 Å². The summed E-state index contributed by atoms with van der Waals surface area (Å²) in [6.07, 6.45) is 0.925. The largest absolute Gasteiger partial charge is 0.381 e. The van der Waals surface area contributed by atoms with E-state index in [1.807, 2.05) is 14.0 Å². The van der Waals surface area contributed by atoms with Gasteiger partial charge in [-0.1, -0.05) is 16.8 Å². The highest BCUT2D eigenvalue weighted by Crippen LogP contribution is 2.30. The molecule has 7 heteroatoms. The molecule has 0 spiro atoms. The number of halogens is 1. The van der Waals surface area contributed by atoms with Gasteiger partial charge in [0, 0.05) is 19.6 Å². The Labute approximate surface area is 109 Å². The number of hydrogen-bond acceptors (Lipinski definition) is 5. The fourth-order valence-electron chi connectivity index (χ4n) is 1.95. The number of rotatable bonds is 2. The lowest BCUT2D eigenvalue weighted by molar-refractivity contribution is 0.192. The van der Waals surface area contributed by atoms with Crippen molar-refractivity contribution in [3.05, 3.63) is 16.5 Å². The Morgan fingerprint density at radius 2 is 2.28 bits per heavy atom. The highest BCUT2D eigenvalue weighted by atomic mass is 35.5. The van der Waals surface area contributed by atoms with Gasteiger partial charge in [-0.3, -0.25) is 4.68 Å². The molecule has 0 saturated carbocycles. The minimum absolute atomic E-state index is 0.214. The molecule has 1 fully saturated rings. The van der Waals surface area contributed by atoms with E-state index >= 15 is 0 Å². The summed E-state index contributed by atoms with van der Waals surface area (Å²) in [5.41, 5.74) is 1.41. The Balaban J connectivity index is 1.94. The summed E-state index contributed by atoms with van der Waals surface area (Å²) in [5.74, 6) is 1.25. The number of hydrogen-bond donors (Lipinski definition) is 0. The van der Waals surface area contributed by atoms with Crippen molar-refractivity contribution in [3.63, 3.8) is 0 Å². The standard InChI is InChI=1S/C11H13ClN4O2/c1-6-8(12)9(14-16(6)2)11-13-10(15-18-11)7-3-4-17-5-7/h7H,3-5H2,1-2H3/t7-/m1/s1. The molecule has 0 aliphatic carbocycles. The Hall–Kier alpha value is -1.40. The Morgan fingerprint density at radius 3 is 2.89 bits per heavy atom. The van der Waals surface area contributed by atoms with Crippen LogP contribution in [0.5, 0.6) is 0 Å². The van der Waals surface area contributed by atoms with Crippen LogP contribution in [0.4, 0.5) is 0 Å². The number of ether oxygens (including phenoxy) is 1. The van der Waals surface area contributed by atoms with Gasteiger partial charge >= 0.3 is 0 Å². The molecule has 3 heterocycles. The van der Waals surface area contributed by atoms with Crippen LogP contribution in [0.1, 0.15) is 23.9 Å². The van der Waals surface area contributed by atoms with Gasteiger partial charge in [-0.25, -0.2) is 0 Å². The van der Waals surface area contributed by atoms with Crippen molar-refractivity contribution in [2.24, 2.45) is 7.05 Å². The summed E-state index contributed by atoms with van der Waals surface area (Å²) in [6.45, 7) is 3.28. The van der Waals surface area contributed by atoms with Crippen molar-refractivity contribution in [3.8, 4) is 11.6 Å². The van der Waals surface area contributed by atoms with Gasteiger partial charge in [0.1, 0.15) is 0 Å². The first-order valence-corrected chi connectivity index (χ1v) is 6.15. The highest BCUT2D eigenvalue weighted by molar-refractivity contribution is 6.33. The van der Waals surface area contributed by atoms with E-state index in [0.29, 0.717) is 29.0 Å². The van der Waals surface area contributed by atoms with Gasteiger partial charge in [-0.2, -0.15) is 10.1 Å². The Bertz CT molecular complexity index is 572. The molecule has 0 unspecified atom stereocenters. The molecule has 1 aliphatic heterocycles. The fraction of sp³-hybridized carbons (Fsp3) is 0.545. The first-order chi connectivity index (χ1) is 8.66. The van der Waals surface area contributed by atoms with E-state index in [4.69, 9.17) is 20.9 Å². The smallest absolute Gasteiger partial charge is 0.279 e. The second kappa shape index (κ2) is 4.37.